The van der Waals surface area contributed by atoms with Crippen molar-refractivity contribution < 1.29 is 13.9 Å². The Balaban J connectivity index is 3.17. The summed E-state index contributed by atoms with van der Waals surface area (Å²) in [6.45, 7) is 10.8. The second-order valence-electron chi connectivity index (χ2n) is 5.02. The van der Waals surface area contributed by atoms with Gasteiger partial charge in [0.05, 0.1) is 25.9 Å². The first-order valence-corrected chi connectivity index (χ1v) is 9.09. The minimum atomic E-state index is -2.07. The van der Waals surface area contributed by atoms with E-state index in [1.807, 2.05) is 0 Å². The summed E-state index contributed by atoms with van der Waals surface area (Å²) in [5.74, 6) is 1.89. The van der Waals surface area contributed by atoms with Crippen molar-refractivity contribution in [3.63, 3.8) is 0 Å². The zero-order chi connectivity index (χ0) is 13.8. The van der Waals surface area contributed by atoms with Crippen molar-refractivity contribution in [2.75, 3.05) is 20.8 Å². The highest BCUT2D eigenvalue weighted by molar-refractivity contribution is 6.75. The summed E-state index contributed by atoms with van der Waals surface area (Å²) in [5.41, 5.74) is 0. The first-order valence-electron chi connectivity index (χ1n) is 6.18. The average Bonchev–Trinajstić information content (AvgIpc) is 2.36. The van der Waals surface area contributed by atoms with Crippen molar-refractivity contribution in [1.82, 2.24) is 0 Å². The zero-order valence-electron chi connectivity index (χ0n) is 12.1. The van der Waals surface area contributed by atoms with Crippen LogP contribution >= 0.6 is 0 Å². The molecule has 0 atom stereocenters. The van der Waals surface area contributed by atoms with Crippen molar-refractivity contribution in [3.05, 3.63) is 36.3 Å². The third kappa shape index (κ3) is 2.40. The van der Waals surface area contributed by atoms with Gasteiger partial charge in [-0.1, -0.05) is 6.08 Å². The molecule has 0 radical (unpaired) electrons. The lowest BCUT2D eigenvalue weighted by atomic mass is 9.99. The monoisotopic (exact) mass is 268 g/mol. The molecule has 0 unspecified atom stereocenters. The van der Waals surface area contributed by atoms with Gasteiger partial charge in [-0.25, -0.2) is 0 Å². The van der Waals surface area contributed by atoms with Crippen molar-refractivity contribution in [3.8, 4) is 0 Å². The first-order chi connectivity index (χ1) is 8.44. The van der Waals surface area contributed by atoms with Gasteiger partial charge in [-0.3, -0.25) is 0 Å². The van der Waals surface area contributed by atoms with Gasteiger partial charge >= 0.3 is 0 Å². The van der Waals surface area contributed by atoms with E-state index < -0.39 is 8.32 Å². The van der Waals surface area contributed by atoms with E-state index in [9.17, 15) is 0 Å². The lowest BCUT2D eigenvalue weighted by molar-refractivity contribution is 0.184. The molecule has 18 heavy (non-hydrogen) atoms. The average molecular weight is 268 g/mol. The minimum Gasteiger partial charge on any atom is -0.501 e. The lowest BCUT2D eigenvalue weighted by Gasteiger charge is -2.44. The maximum absolute atomic E-state index is 6.06. The largest absolute Gasteiger partial charge is 0.501 e. The van der Waals surface area contributed by atoms with Crippen LogP contribution in [0.2, 0.25) is 18.1 Å². The van der Waals surface area contributed by atoms with E-state index in [1.165, 1.54) is 0 Å². The minimum absolute atomic E-state index is 0.294. The fourth-order valence-electron chi connectivity index (χ4n) is 2.38. The molecule has 0 aliphatic heterocycles. The number of hydrogen-bond donors (Lipinski definition) is 0. The molecule has 0 saturated carbocycles. The summed E-state index contributed by atoms with van der Waals surface area (Å²) < 4.78 is 17.2. The molecule has 1 rings (SSSR count). The molecule has 1 aliphatic carbocycles. The summed E-state index contributed by atoms with van der Waals surface area (Å²) in [6, 6.07) is 0. The SMILES string of the molecule is C=CCO[Si](C)(C)C1(C)C(OC)=CCC=C1OC. The maximum atomic E-state index is 6.06. The van der Waals surface area contributed by atoms with E-state index in [1.54, 1.807) is 20.3 Å². The molecular formula is C14H24O3Si. The third-order valence-electron chi connectivity index (χ3n) is 3.80. The second-order valence-corrected chi connectivity index (χ2v) is 9.32. The number of methoxy groups -OCH3 is 2. The van der Waals surface area contributed by atoms with Gasteiger partial charge in [-0.05, 0) is 38.6 Å². The van der Waals surface area contributed by atoms with Gasteiger partial charge < -0.3 is 13.9 Å². The molecule has 0 bridgehead atoms. The van der Waals surface area contributed by atoms with Crippen molar-refractivity contribution >= 4 is 8.32 Å². The molecular weight excluding hydrogens is 244 g/mol. The summed E-state index contributed by atoms with van der Waals surface area (Å²) >= 11 is 0. The summed E-state index contributed by atoms with van der Waals surface area (Å²) in [6.07, 6.45) is 6.84. The fraction of sp³-hybridized carbons (Fsp3) is 0.571. The highest BCUT2D eigenvalue weighted by atomic mass is 28.4. The Bertz CT molecular complexity index is 349. The normalized spacial score (nSPS) is 18.7. The second kappa shape index (κ2) is 5.76. The molecule has 0 heterocycles. The quantitative estimate of drug-likeness (QED) is 0.544. The molecule has 0 aromatic heterocycles. The van der Waals surface area contributed by atoms with E-state index in [4.69, 9.17) is 13.9 Å². The molecule has 0 aromatic rings. The Labute approximate surface area is 111 Å². The Morgan fingerprint density at radius 1 is 1.28 bits per heavy atom. The fourth-order valence-corrected chi connectivity index (χ4v) is 4.80. The summed E-state index contributed by atoms with van der Waals surface area (Å²) in [4.78, 5) is 0. The van der Waals surface area contributed by atoms with Crippen LogP contribution in [0.4, 0.5) is 0 Å². The van der Waals surface area contributed by atoms with Crippen molar-refractivity contribution in [1.29, 1.82) is 0 Å². The lowest BCUT2D eigenvalue weighted by Crippen LogP contribution is -2.47. The van der Waals surface area contributed by atoms with Gasteiger partial charge in [0, 0.05) is 0 Å². The third-order valence-corrected chi connectivity index (χ3v) is 7.59. The Kier molecular flexibility index (Phi) is 4.82. The highest BCUT2D eigenvalue weighted by Gasteiger charge is 2.53. The molecule has 3 nitrogen and oxygen atoms in total. The number of ether oxygens (including phenoxy) is 2. The number of hydrogen-bond acceptors (Lipinski definition) is 3. The molecule has 0 spiro atoms. The summed E-state index contributed by atoms with van der Waals surface area (Å²) in [7, 11) is 1.34. The molecule has 0 amide bonds. The topological polar surface area (TPSA) is 27.7 Å². The molecule has 0 N–H and O–H groups in total. The number of rotatable bonds is 6. The zero-order valence-corrected chi connectivity index (χ0v) is 13.1. The van der Waals surface area contributed by atoms with E-state index in [0.29, 0.717) is 6.61 Å². The summed E-state index contributed by atoms with van der Waals surface area (Å²) in [5, 5.41) is -0.294. The van der Waals surface area contributed by atoms with Gasteiger partial charge in [0.1, 0.15) is 11.5 Å². The van der Waals surface area contributed by atoms with Crippen LogP contribution in [-0.4, -0.2) is 29.1 Å². The Hall–Kier alpha value is -1.00. The van der Waals surface area contributed by atoms with E-state index in [-0.39, 0.29) is 5.04 Å². The first kappa shape index (κ1) is 15.1. The van der Waals surface area contributed by atoms with Crippen LogP contribution in [0.3, 0.4) is 0 Å². The van der Waals surface area contributed by atoms with Gasteiger partial charge in [-0.15, -0.1) is 6.58 Å². The van der Waals surface area contributed by atoms with E-state index in [0.717, 1.165) is 17.9 Å². The van der Waals surface area contributed by atoms with E-state index >= 15 is 0 Å². The van der Waals surface area contributed by atoms with Crippen LogP contribution < -0.4 is 0 Å². The van der Waals surface area contributed by atoms with Crippen LogP contribution in [-0.2, 0) is 13.9 Å². The molecule has 102 valence electrons. The Morgan fingerprint density at radius 2 is 1.78 bits per heavy atom. The standard InChI is InChI=1S/C14H24O3Si/c1-7-11-17-18(5,6)14(2)12(15-3)9-8-10-13(14)16-4/h7,9-10H,1,8,11H2,2-6H3. The van der Waals surface area contributed by atoms with Crippen LogP contribution in [0, 0.1) is 0 Å². The molecule has 4 heteroatoms. The van der Waals surface area contributed by atoms with E-state index in [2.05, 4.69) is 38.7 Å². The Morgan fingerprint density at radius 3 is 2.17 bits per heavy atom. The predicted molar refractivity (Wildman–Crippen MR) is 76.8 cm³/mol. The van der Waals surface area contributed by atoms with Crippen molar-refractivity contribution in [2.45, 2.75) is 31.5 Å². The molecule has 0 aromatic carbocycles. The number of allylic oxidation sites excluding steroid dienone is 2. The predicted octanol–water partition coefficient (Wildman–Crippen LogP) is 3.62. The molecule has 1 aliphatic rings. The molecule has 0 fully saturated rings. The smallest absolute Gasteiger partial charge is 0.208 e. The van der Waals surface area contributed by atoms with Crippen LogP contribution in [0.25, 0.3) is 0 Å². The molecule has 0 saturated heterocycles. The maximum Gasteiger partial charge on any atom is 0.208 e. The van der Waals surface area contributed by atoms with Gasteiger partial charge in [0.2, 0.25) is 8.32 Å². The highest BCUT2D eigenvalue weighted by Crippen LogP contribution is 2.53. The van der Waals surface area contributed by atoms with Gasteiger partial charge in [-0.2, -0.15) is 0 Å². The van der Waals surface area contributed by atoms with Gasteiger partial charge in [0.15, 0.2) is 0 Å². The van der Waals surface area contributed by atoms with Crippen LogP contribution in [0.5, 0.6) is 0 Å². The van der Waals surface area contributed by atoms with Crippen molar-refractivity contribution in [2.24, 2.45) is 0 Å². The van der Waals surface area contributed by atoms with Crippen LogP contribution in [0.15, 0.2) is 36.3 Å². The van der Waals surface area contributed by atoms with Crippen LogP contribution in [0.1, 0.15) is 13.3 Å². The van der Waals surface area contributed by atoms with Gasteiger partial charge in [0.25, 0.3) is 0 Å².